The minimum Gasteiger partial charge on any atom is -0.328 e. The molecule has 0 bridgehead atoms. The van der Waals surface area contributed by atoms with Gasteiger partial charge in [-0.05, 0) is 38.5 Å². The maximum absolute atomic E-state index is 12.9. The Bertz CT molecular complexity index is 1210. The summed E-state index contributed by atoms with van der Waals surface area (Å²) in [5, 5.41) is 7.16. The van der Waals surface area contributed by atoms with Gasteiger partial charge in [-0.1, -0.05) is 20.8 Å². The quantitative estimate of drug-likeness (QED) is 0.455. The topological polar surface area (TPSA) is 102 Å². The number of hydrogen-bond donors (Lipinski definition) is 1. The predicted octanol–water partition coefficient (Wildman–Crippen LogP) is 3.83. The van der Waals surface area contributed by atoms with Gasteiger partial charge in [0.2, 0.25) is 15.9 Å². The van der Waals surface area contributed by atoms with E-state index >= 15 is 0 Å². The average molecular weight is 475 g/mol. The van der Waals surface area contributed by atoms with Crippen LogP contribution in [0.1, 0.15) is 59.3 Å². The van der Waals surface area contributed by atoms with Crippen LogP contribution in [0.15, 0.2) is 35.4 Å². The summed E-state index contributed by atoms with van der Waals surface area (Å²) in [5.41, 5.74) is 1.51. The van der Waals surface area contributed by atoms with Gasteiger partial charge < -0.3 is 9.88 Å². The minimum absolute atomic E-state index is 0.114. The number of imidazole rings is 1. The molecule has 0 fully saturated rings. The third-order valence-electron chi connectivity index (χ3n) is 5.59. The van der Waals surface area contributed by atoms with Gasteiger partial charge in [-0.2, -0.15) is 9.40 Å². The standard InChI is InChI=1S/C23H34N6O3S/c1-6-15-28-20-10-9-18(33(31,32)27(7-2)8-3)16-19(20)25-21(28)11-12-23(30)26-22-13-14-24-29(22)17(4)5/h9-10,13-14,16-17H,6-8,11-12,15H2,1-5H3,(H,26,30). The number of carbonyl (C=O) groups excluding carboxylic acids is 1. The molecule has 9 nitrogen and oxygen atoms in total. The largest absolute Gasteiger partial charge is 0.328 e. The number of fused-ring (bicyclic) bond motifs is 1. The van der Waals surface area contributed by atoms with E-state index in [1.807, 2.05) is 33.8 Å². The highest BCUT2D eigenvalue weighted by Crippen LogP contribution is 2.24. The van der Waals surface area contributed by atoms with Crippen molar-refractivity contribution in [3.05, 3.63) is 36.3 Å². The Kier molecular flexibility index (Phi) is 7.91. The van der Waals surface area contributed by atoms with Crippen molar-refractivity contribution in [2.45, 2.75) is 71.4 Å². The van der Waals surface area contributed by atoms with Gasteiger partial charge in [-0.3, -0.25) is 4.79 Å². The SMILES string of the molecule is CCCn1c(CCC(=O)Nc2ccnn2C(C)C)nc2cc(S(=O)(=O)N(CC)CC)ccc21. The van der Waals surface area contributed by atoms with E-state index in [0.717, 1.165) is 24.3 Å². The number of nitrogens with zero attached hydrogens (tertiary/aromatic N) is 5. The Labute approximate surface area is 195 Å². The van der Waals surface area contributed by atoms with Crippen LogP contribution in [0.2, 0.25) is 0 Å². The Morgan fingerprint density at radius 3 is 2.52 bits per heavy atom. The molecular weight excluding hydrogens is 440 g/mol. The van der Waals surface area contributed by atoms with Crippen LogP contribution < -0.4 is 5.32 Å². The molecule has 0 spiro atoms. The molecule has 0 atom stereocenters. The Morgan fingerprint density at radius 1 is 1.15 bits per heavy atom. The molecule has 1 aromatic carbocycles. The monoisotopic (exact) mass is 474 g/mol. The zero-order valence-electron chi connectivity index (χ0n) is 20.1. The molecule has 2 aromatic heterocycles. The fourth-order valence-corrected chi connectivity index (χ4v) is 5.43. The summed E-state index contributed by atoms with van der Waals surface area (Å²) in [4.78, 5) is 17.6. The molecule has 0 aliphatic heterocycles. The Hall–Kier alpha value is -2.72. The van der Waals surface area contributed by atoms with Crippen molar-refractivity contribution in [3.8, 4) is 0 Å². The fraction of sp³-hybridized carbons (Fsp3) is 0.522. The summed E-state index contributed by atoms with van der Waals surface area (Å²) >= 11 is 0. The molecule has 3 aromatic rings. The third-order valence-corrected chi connectivity index (χ3v) is 7.64. The van der Waals surface area contributed by atoms with E-state index in [-0.39, 0.29) is 23.3 Å². The van der Waals surface area contributed by atoms with Crippen LogP contribution in [-0.4, -0.2) is 51.1 Å². The molecule has 0 unspecified atom stereocenters. The van der Waals surface area contributed by atoms with E-state index in [2.05, 4.69) is 21.9 Å². The highest BCUT2D eigenvalue weighted by Gasteiger charge is 2.23. The summed E-state index contributed by atoms with van der Waals surface area (Å²) in [6.07, 6.45) is 3.28. The van der Waals surface area contributed by atoms with Crippen LogP contribution in [0.25, 0.3) is 11.0 Å². The van der Waals surface area contributed by atoms with Crippen molar-refractivity contribution in [1.29, 1.82) is 0 Å². The second kappa shape index (κ2) is 10.5. The number of anilines is 1. The molecule has 2 heterocycles. The van der Waals surface area contributed by atoms with Crippen molar-refractivity contribution in [1.82, 2.24) is 23.6 Å². The van der Waals surface area contributed by atoms with Crippen molar-refractivity contribution >= 4 is 32.8 Å². The lowest BCUT2D eigenvalue weighted by atomic mass is 10.2. The Morgan fingerprint density at radius 2 is 1.88 bits per heavy atom. The maximum atomic E-state index is 12.9. The molecule has 0 aliphatic rings. The number of benzene rings is 1. The number of nitrogens with one attached hydrogen (secondary N) is 1. The van der Waals surface area contributed by atoms with E-state index < -0.39 is 10.0 Å². The molecule has 1 amide bonds. The smallest absolute Gasteiger partial charge is 0.243 e. The highest BCUT2D eigenvalue weighted by atomic mass is 32.2. The van der Waals surface area contributed by atoms with Crippen molar-refractivity contribution < 1.29 is 13.2 Å². The zero-order chi connectivity index (χ0) is 24.2. The minimum atomic E-state index is -3.56. The normalized spacial score (nSPS) is 12.2. The molecule has 0 radical (unpaired) electrons. The number of sulfonamides is 1. The first-order valence-electron chi connectivity index (χ1n) is 11.6. The van der Waals surface area contributed by atoms with Crippen LogP contribution in [0.4, 0.5) is 5.82 Å². The average Bonchev–Trinajstić information content (AvgIpc) is 3.37. The third kappa shape index (κ3) is 5.27. The van der Waals surface area contributed by atoms with Gasteiger partial charge in [0.05, 0.1) is 22.1 Å². The number of carbonyl (C=O) groups is 1. The van der Waals surface area contributed by atoms with Crippen LogP contribution in [-0.2, 0) is 27.8 Å². The fourth-order valence-electron chi connectivity index (χ4n) is 3.95. The van der Waals surface area contributed by atoms with Gasteiger partial charge in [0.15, 0.2) is 0 Å². The summed E-state index contributed by atoms with van der Waals surface area (Å²) < 4.78 is 31.1. The van der Waals surface area contributed by atoms with Gasteiger partial charge in [-0.25, -0.2) is 18.1 Å². The van der Waals surface area contributed by atoms with Crippen LogP contribution >= 0.6 is 0 Å². The zero-order valence-corrected chi connectivity index (χ0v) is 20.9. The van der Waals surface area contributed by atoms with Crippen LogP contribution in [0.5, 0.6) is 0 Å². The highest BCUT2D eigenvalue weighted by molar-refractivity contribution is 7.89. The lowest BCUT2D eigenvalue weighted by Crippen LogP contribution is -2.30. The van der Waals surface area contributed by atoms with Crippen LogP contribution in [0.3, 0.4) is 0 Å². The van der Waals surface area contributed by atoms with Gasteiger partial charge in [-0.15, -0.1) is 0 Å². The molecule has 0 saturated heterocycles. The van der Waals surface area contributed by atoms with Gasteiger partial charge in [0.25, 0.3) is 0 Å². The predicted molar refractivity (Wildman–Crippen MR) is 130 cm³/mol. The van der Waals surface area contributed by atoms with E-state index in [9.17, 15) is 13.2 Å². The van der Waals surface area contributed by atoms with E-state index in [0.29, 0.717) is 30.8 Å². The first-order chi connectivity index (χ1) is 15.7. The van der Waals surface area contributed by atoms with Gasteiger partial charge >= 0.3 is 0 Å². The number of rotatable bonds is 11. The summed E-state index contributed by atoms with van der Waals surface area (Å²) in [6, 6.07) is 7.03. The van der Waals surface area contributed by atoms with Crippen molar-refractivity contribution in [3.63, 3.8) is 0 Å². The lowest BCUT2D eigenvalue weighted by Gasteiger charge is -2.18. The second-order valence-corrected chi connectivity index (χ2v) is 10.2. The summed E-state index contributed by atoms with van der Waals surface area (Å²) in [7, 11) is -3.56. The molecule has 10 heteroatoms. The van der Waals surface area contributed by atoms with Crippen molar-refractivity contribution in [2.75, 3.05) is 18.4 Å². The maximum Gasteiger partial charge on any atom is 0.243 e. The number of amides is 1. The first kappa shape index (κ1) is 24.9. The Balaban J connectivity index is 1.84. The summed E-state index contributed by atoms with van der Waals surface area (Å²) in [5.74, 6) is 1.33. The van der Waals surface area contributed by atoms with E-state index in [1.165, 1.54) is 4.31 Å². The van der Waals surface area contributed by atoms with E-state index in [1.54, 1.807) is 29.1 Å². The molecular formula is C23H34N6O3S. The number of hydrogen-bond acceptors (Lipinski definition) is 5. The molecule has 0 aliphatic carbocycles. The lowest BCUT2D eigenvalue weighted by molar-refractivity contribution is -0.116. The molecule has 3 rings (SSSR count). The molecule has 0 saturated carbocycles. The number of aryl methyl sites for hydroxylation is 2. The van der Waals surface area contributed by atoms with Crippen molar-refractivity contribution in [2.24, 2.45) is 0 Å². The first-order valence-corrected chi connectivity index (χ1v) is 13.0. The van der Waals surface area contributed by atoms with E-state index in [4.69, 9.17) is 4.98 Å². The van der Waals surface area contributed by atoms with Gasteiger partial charge in [0, 0.05) is 44.6 Å². The summed E-state index contributed by atoms with van der Waals surface area (Å²) in [6.45, 7) is 11.3. The van der Waals surface area contributed by atoms with Gasteiger partial charge in [0.1, 0.15) is 11.6 Å². The molecule has 1 N–H and O–H groups in total. The van der Waals surface area contributed by atoms with Crippen LogP contribution in [0, 0.1) is 0 Å². The number of aromatic nitrogens is 4. The molecule has 33 heavy (non-hydrogen) atoms. The molecule has 180 valence electrons. The second-order valence-electron chi connectivity index (χ2n) is 8.22.